The zero-order chi connectivity index (χ0) is 16.6. The summed E-state index contributed by atoms with van der Waals surface area (Å²) in [5, 5.41) is 5.24. The Hall–Kier alpha value is -1.88. The Morgan fingerprint density at radius 1 is 1.35 bits per heavy atom. The van der Waals surface area contributed by atoms with Gasteiger partial charge in [0.2, 0.25) is 5.43 Å². The molecule has 0 unspecified atom stereocenters. The molecule has 1 saturated heterocycles. The van der Waals surface area contributed by atoms with Crippen LogP contribution in [0.2, 0.25) is 5.02 Å². The number of amides is 1. The molecule has 0 N–H and O–H groups in total. The van der Waals surface area contributed by atoms with Crippen LogP contribution in [0.1, 0.15) is 37.2 Å². The van der Waals surface area contributed by atoms with Gasteiger partial charge in [-0.2, -0.15) is 5.10 Å². The summed E-state index contributed by atoms with van der Waals surface area (Å²) in [7, 11) is 0. The maximum absolute atomic E-state index is 12.7. The highest BCUT2D eigenvalue weighted by molar-refractivity contribution is 6.31. The first-order valence-electron chi connectivity index (χ1n) is 8.01. The standard InChI is InChI=1S/C17H20ClN3O2/c1-3-21-14-5-4-12(18)10-13(14)16(22)15(19-21)17(23)20-8-6-11(2)7-9-20/h4-5,10-11H,3,6-9H2,1-2H3. The minimum atomic E-state index is -0.337. The fraction of sp³-hybridized carbons (Fsp3) is 0.471. The molecule has 0 bridgehead atoms. The molecule has 6 heteroatoms. The van der Waals surface area contributed by atoms with Gasteiger partial charge in [-0.05, 0) is 43.9 Å². The number of aryl methyl sites for hydroxylation is 1. The minimum absolute atomic E-state index is 0.00355. The monoisotopic (exact) mass is 333 g/mol. The number of fused-ring (bicyclic) bond motifs is 1. The number of carbonyl (C=O) groups excluding carboxylic acids is 1. The van der Waals surface area contributed by atoms with E-state index < -0.39 is 0 Å². The number of nitrogens with zero attached hydrogens (tertiary/aromatic N) is 3. The molecule has 1 fully saturated rings. The van der Waals surface area contributed by atoms with Crippen molar-refractivity contribution in [2.24, 2.45) is 5.92 Å². The summed E-state index contributed by atoms with van der Waals surface area (Å²) in [5.74, 6) is 0.348. The van der Waals surface area contributed by atoms with Crippen LogP contribution in [-0.2, 0) is 6.54 Å². The lowest BCUT2D eigenvalue weighted by molar-refractivity contribution is 0.0687. The zero-order valence-corrected chi connectivity index (χ0v) is 14.1. The van der Waals surface area contributed by atoms with E-state index in [-0.39, 0.29) is 17.0 Å². The number of rotatable bonds is 2. The average Bonchev–Trinajstić information content (AvgIpc) is 2.56. The first-order valence-corrected chi connectivity index (χ1v) is 8.38. The molecule has 2 heterocycles. The number of benzene rings is 1. The Kier molecular flexibility index (Phi) is 4.39. The third kappa shape index (κ3) is 2.98. The van der Waals surface area contributed by atoms with Crippen LogP contribution >= 0.6 is 11.6 Å². The summed E-state index contributed by atoms with van der Waals surface area (Å²) in [4.78, 5) is 27.2. The maximum atomic E-state index is 12.7. The topological polar surface area (TPSA) is 55.2 Å². The van der Waals surface area contributed by atoms with Gasteiger partial charge in [0, 0.05) is 24.7 Å². The molecule has 0 radical (unpaired) electrons. The van der Waals surface area contributed by atoms with E-state index in [1.165, 1.54) is 0 Å². The van der Waals surface area contributed by atoms with Crippen LogP contribution in [-0.4, -0.2) is 33.7 Å². The molecule has 0 atom stereocenters. The number of aromatic nitrogens is 2. The minimum Gasteiger partial charge on any atom is -0.337 e. The highest BCUT2D eigenvalue weighted by atomic mass is 35.5. The number of hydrogen-bond donors (Lipinski definition) is 0. The van der Waals surface area contributed by atoms with Crippen LogP contribution in [0.15, 0.2) is 23.0 Å². The van der Waals surface area contributed by atoms with E-state index in [2.05, 4.69) is 12.0 Å². The Balaban J connectivity index is 2.08. The first-order chi connectivity index (χ1) is 11.0. The molecule has 1 aromatic heterocycles. The number of carbonyl (C=O) groups is 1. The summed E-state index contributed by atoms with van der Waals surface area (Å²) < 4.78 is 1.69. The summed E-state index contributed by atoms with van der Waals surface area (Å²) in [6.07, 6.45) is 1.93. The Morgan fingerprint density at radius 2 is 2.04 bits per heavy atom. The van der Waals surface area contributed by atoms with Crippen molar-refractivity contribution in [3.8, 4) is 0 Å². The van der Waals surface area contributed by atoms with Crippen LogP contribution in [0.5, 0.6) is 0 Å². The Bertz CT molecular complexity index is 807. The molecule has 1 aromatic carbocycles. The van der Waals surface area contributed by atoms with Crippen molar-refractivity contribution >= 4 is 28.4 Å². The van der Waals surface area contributed by atoms with Crippen molar-refractivity contribution < 1.29 is 4.79 Å². The zero-order valence-electron chi connectivity index (χ0n) is 13.4. The van der Waals surface area contributed by atoms with E-state index in [9.17, 15) is 9.59 Å². The normalized spacial score (nSPS) is 16.0. The summed E-state index contributed by atoms with van der Waals surface area (Å²) >= 11 is 6.02. The van der Waals surface area contributed by atoms with E-state index in [0.29, 0.717) is 41.5 Å². The summed E-state index contributed by atoms with van der Waals surface area (Å²) in [6.45, 7) is 6.06. The Labute approximate surface area is 139 Å². The SMILES string of the molecule is CCn1nc(C(=O)N2CCC(C)CC2)c(=O)c2cc(Cl)ccc21. The molecular formula is C17H20ClN3O2. The van der Waals surface area contributed by atoms with Crippen LogP contribution in [0.4, 0.5) is 0 Å². The third-order valence-corrected chi connectivity index (χ3v) is 4.73. The second-order valence-electron chi connectivity index (χ2n) is 6.13. The van der Waals surface area contributed by atoms with Gasteiger partial charge in [-0.15, -0.1) is 0 Å². The van der Waals surface area contributed by atoms with Crippen molar-refractivity contribution in [2.45, 2.75) is 33.2 Å². The van der Waals surface area contributed by atoms with E-state index in [1.54, 1.807) is 27.8 Å². The molecule has 23 heavy (non-hydrogen) atoms. The molecule has 1 aliphatic rings. The van der Waals surface area contributed by atoms with E-state index in [1.807, 2.05) is 6.92 Å². The average molecular weight is 334 g/mol. The number of halogens is 1. The second kappa shape index (κ2) is 6.32. The molecule has 0 aliphatic carbocycles. The van der Waals surface area contributed by atoms with Crippen molar-refractivity contribution in [3.63, 3.8) is 0 Å². The second-order valence-corrected chi connectivity index (χ2v) is 6.57. The number of piperidine rings is 1. The lowest BCUT2D eigenvalue weighted by Gasteiger charge is -2.30. The maximum Gasteiger partial charge on any atom is 0.278 e. The van der Waals surface area contributed by atoms with E-state index in [0.717, 1.165) is 12.8 Å². The molecule has 1 amide bonds. The van der Waals surface area contributed by atoms with Gasteiger partial charge in [0.25, 0.3) is 5.91 Å². The smallest absolute Gasteiger partial charge is 0.278 e. The molecular weight excluding hydrogens is 314 g/mol. The van der Waals surface area contributed by atoms with E-state index >= 15 is 0 Å². The lowest BCUT2D eigenvalue weighted by atomic mass is 9.99. The summed E-state index contributed by atoms with van der Waals surface area (Å²) in [6, 6.07) is 5.11. The van der Waals surface area contributed by atoms with Crippen LogP contribution in [0.25, 0.3) is 10.9 Å². The molecule has 5 nitrogen and oxygen atoms in total. The molecule has 0 saturated carbocycles. The lowest BCUT2D eigenvalue weighted by Crippen LogP contribution is -2.41. The highest BCUT2D eigenvalue weighted by Crippen LogP contribution is 2.19. The molecule has 0 spiro atoms. The highest BCUT2D eigenvalue weighted by Gasteiger charge is 2.25. The van der Waals surface area contributed by atoms with Crippen molar-refractivity contribution in [2.75, 3.05) is 13.1 Å². The van der Waals surface area contributed by atoms with Crippen molar-refractivity contribution in [1.29, 1.82) is 0 Å². The van der Waals surface area contributed by atoms with Gasteiger partial charge in [-0.25, -0.2) is 0 Å². The fourth-order valence-electron chi connectivity index (χ4n) is 3.01. The predicted molar refractivity (Wildman–Crippen MR) is 91.0 cm³/mol. The quantitative estimate of drug-likeness (QED) is 0.849. The van der Waals surface area contributed by atoms with Crippen molar-refractivity contribution in [1.82, 2.24) is 14.7 Å². The molecule has 2 aromatic rings. The van der Waals surface area contributed by atoms with Gasteiger partial charge in [0.1, 0.15) is 0 Å². The first kappa shape index (κ1) is 16.0. The van der Waals surface area contributed by atoms with Crippen LogP contribution in [0.3, 0.4) is 0 Å². The Morgan fingerprint density at radius 3 is 2.70 bits per heavy atom. The van der Waals surface area contributed by atoms with Gasteiger partial charge in [-0.1, -0.05) is 18.5 Å². The molecule has 1 aliphatic heterocycles. The van der Waals surface area contributed by atoms with Gasteiger partial charge in [0.15, 0.2) is 5.69 Å². The third-order valence-electron chi connectivity index (χ3n) is 4.49. The van der Waals surface area contributed by atoms with E-state index in [4.69, 9.17) is 11.6 Å². The van der Waals surface area contributed by atoms with Gasteiger partial charge in [-0.3, -0.25) is 14.3 Å². The largest absolute Gasteiger partial charge is 0.337 e. The van der Waals surface area contributed by atoms with Gasteiger partial charge in [0.05, 0.1) is 10.9 Å². The van der Waals surface area contributed by atoms with Gasteiger partial charge < -0.3 is 4.90 Å². The van der Waals surface area contributed by atoms with Gasteiger partial charge >= 0.3 is 0 Å². The number of hydrogen-bond acceptors (Lipinski definition) is 3. The molecule has 3 rings (SSSR count). The molecule has 122 valence electrons. The fourth-order valence-corrected chi connectivity index (χ4v) is 3.18. The number of likely N-dealkylation sites (tertiary alicyclic amines) is 1. The van der Waals surface area contributed by atoms with Crippen molar-refractivity contribution in [3.05, 3.63) is 39.1 Å². The summed E-state index contributed by atoms with van der Waals surface area (Å²) in [5.41, 5.74) is 0.359. The van der Waals surface area contributed by atoms with Crippen LogP contribution < -0.4 is 5.43 Å². The van der Waals surface area contributed by atoms with Crippen LogP contribution in [0, 0.1) is 5.92 Å². The predicted octanol–water partition coefficient (Wildman–Crippen LogP) is 2.94.